The number of nitrogens with zero attached hydrogens (tertiary/aromatic N) is 2. The number of hydrogen-bond acceptors (Lipinski definition) is 5. The molecule has 33 heavy (non-hydrogen) atoms. The van der Waals surface area contributed by atoms with Crippen molar-refractivity contribution >= 4 is 39.6 Å². The molecule has 0 saturated carbocycles. The van der Waals surface area contributed by atoms with Crippen LogP contribution in [0.2, 0.25) is 5.02 Å². The molecular formula is C24H18ClFN3O3S-. The van der Waals surface area contributed by atoms with Gasteiger partial charge in [0.2, 0.25) is 0 Å². The molecule has 0 amide bonds. The van der Waals surface area contributed by atoms with Crippen molar-refractivity contribution < 1.29 is 17.9 Å². The Labute approximate surface area is 197 Å². The molecule has 1 atom stereocenters. The Morgan fingerprint density at radius 3 is 2.73 bits per heavy atom. The van der Waals surface area contributed by atoms with Gasteiger partial charge in [-0.15, -0.1) is 0 Å². The van der Waals surface area contributed by atoms with E-state index in [0.717, 1.165) is 22.6 Å². The summed E-state index contributed by atoms with van der Waals surface area (Å²) in [6.45, 7) is 0.184. The lowest BCUT2D eigenvalue weighted by atomic mass is 9.97. The molecule has 4 aromatic rings. The summed E-state index contributed by atoms with van der Waals surface area (Å²) in [7, 11) is 0. The van der Waals surface area contributed by atoms with Crippen LogP contribution in [0.25, 0.3) is 22.0 Å². The molecular weight excluding hydrogens is 465 g/mol. The van der Waals surface area contributed by atoms with E-state index in [1.54, 1.807) is 36.8 Å². The van der Waals surface area contributed by atoms with Crippen molar-refractivity contribution in [2.45, 2.75) is 12.8 Å². The highest BCUT2D eigenvalue weighted by molar-refractivity contribution is 7.77. The van der Waals surface area contributed by atoms with Crippen LogP contribution in [0.5, 0.6) is 0 Å². The zero-order chi connectivity index (χ0) is 23.4. The SMILES string of the molecule is O=C(c1ccc2ncc(-c3cccnc3)cc2c1)c1cc(F)cc(CCCNS(=O)[O-])c1Cl. The molecule has 0 saturated heterocycles. The third-order valence-corrected chi connectivity index (χ3v) is 6.02. The van der Waals surface area contributed by atoms with Gasteiger partial charge >= 0.3 is 0 Å². The first-order chi connectivity index (χ1) is 15.9. The minimum atomic E-state index is -2.37. The summed E-state index contributed by atoms with van der Waals surface area (Å²) in [6, 6.07) is 13.1. The number of nitrogens with one attached hydrogen (secondary N) is 1. The van der Waals surface area contributed by atoms with E-state index in [2.05, 4.69) is 14.7 Å². The summed E-state index contributed by atoms with van der Waals surface area (Å²) in [5, 5.41) is 0.915. The molecule has 168 valence electrons. The molecule has 0 bridgehead atoms. The number of aromatic nitrogens is 2. The molecule has 2 heterocycles. The van der Waals surface area contributed by atoms with E-state index in [1.807, 2.05) is 18.2 Å². The predicted molar refractivity (Wildman–Crippen MR) is 125 cm³/mol. The molecule has 1 unspecified atom stereocenters. The molecule has 1 N–H and O–H groups in total. The van der Waals surface area contributed by atoms with Gasteiger partial charge in [0.1, 0.15) is 5.82 Å². The van der Waals surface area contributed by atoms with E-state index in [-0.39, 0.29) is 17.1 Å². The summed E-state index contributed by atoms with van der Waals surface area (Å²) in [5.74, 6) is -0.993. The molecule has 0 fully saturated rings. The van der Waals surface area contributed by atoms with Crippen LogP contribution in [0.3, 0.4) is 0 Å². The van der Waals surface area contributed by atoms with Crippen LogP contribution >= 0.6 is 11.6 Å². The largest absolute Gasteiger partial charge is 0.760 e. The van der Waals surface area contributed by atoms with Crippen LogP contribution in [0.1, 0.15) is 27.9 Å². The quantitative estimate of drug-likeness (QED) is 0.224. The zero-order valence-electron chi connectivity index (χ0n) is 17.3. The first kappa shape index (κ1) is 23.1. The van der Waals surface area contributed by atoms with Gasteiger partial charge in [-0.1, -0.05) is 17.7 Å². The lowest BCUT2D eigenvalue weighted by Gasteiger charge is -2.11. The maximum absolute atomic E-state index is 14.3. The van der Waals surface area contributed by atoms with Crippen LogP contribution in [0, 0.1) is 5.82 Å². The Balaban J connectivity index is 1.64. The summed E-state index contributed by atoms with van der Waals surface area (Å²) < 4.78 is 37.7. The second-order valence-electron chi connectivity index (χ2n) is 7.36. The van der Waals surface area contributed by atoms with Crippen LogP contribution < -0.4 is 4.72 Å². The number of halogens is 2. The Hall–Kier alpha value is -3.04. The summed E-state index contributed by atoms with van der Waals surface area (Å²) in [6.07, 6.45) is 5.89. The highest BCUT2D eigenvalue weighted by Crippen LogP contribution is 2.28. The number of ketones is 1. The van der Waals surface area contributed by atoms with E-state index < -0.39 is 22.9 Å². The number of hydrogen-bond donors (Lipinski definition) is 1. The van der Waals surface area contributed by atoms with Gasteiger partial charge in [-0.2, -0.15) is 0 Å². The molecule has 6 nitrogen and oxygen atoms in total. The van der Waals surface area contributed by atoms with Crippen molar-refractivity contribution in [2.75, 3.05) is 6.54 Å². The normalized spacial score (nSPS) is 12.1. The number of benzene rings is 2. The molecule has 0 radical (unpaired) electrons. The molecule has 2 aromatic heterocycles. The van der Waals surface area contributed by atoms with Crippen molar-refractivity contribution in [3.05, 3.63) is 94.7 Å². The smallest absolute Gasteiger partial charge is 0.194 e. The van der Waals surface area contributed by atoms with Crippen molar-refractivity contribution in [3.8, 4) is 11.1 Å². The fourth-order valence-electron chi connectivity index (χ4n) is 3.55. The topological polar surface area (TPSA) is 95.0 Å². The van der Waals surface area contributed by atoms with Crippen molar-refractivity contribution in [1.82, 2.24) is 14.7 Å². The highest BCUT2D eigenvalue weighted by atomic mass is 35.5. The predicted octanol–water partition coefficient (Wildman–Crippen LogP) is 4.64. The van der Waals surface area contributed by atoms with Gasteiger partial charge in [0.05, 0.1) is 10.5 Å². The van der Waals surface area contributed by atoms with Crippen LogP contribution in [-0.4, -0.2) is 31.1 Å². The fourth-order valence-corrected chi connectivity index (χ4v) is 4.15. The molecule has 0 aliphatic heterocycles. The molecule has 0 aliphatic rings. The first-order valence-corrected chi connectivity index (χ1v) is 11.5. The summed E-state index contributed by atoms with van der Waals surface area (Å²) in [5.41, 5.74) is 3.33. The minimum absolute atomic E-state index is 0.0581. The van der Waals surface area contributed by atoms with E-state index >= 15 is 0 Å². The second-order valence-corrected chi connectivity index (χ2v) is 8.50. The number of aryl methyl sites for hydroxylation is 1. The maximum Gasteiger partial charge on any atom is 0.194 e. The molecule has 0 spiro atoms. The third-order valence-electron chi connectivity index (χ3n) is 5.14. The van der Waals surface area contributed by atoms with Gasteiger partial charge in [-0.3, -0.25) is 19.0 Å². The highest BCUT2D eigenvalue weighted by Gasteiger charge is 2.18. The van der Waals surface area contributed by atoms with E-state index in [0.29, 0.717) is 29.5 Å². The van der Waals surface area contributed by atoms with E-state index in [9.17, 15) is 17.9 Å². The van der Waals surface area contributed by atoms with Gasteiger partial charge in [0, 0.05) is 64.0 Å². The molecule has 2 aromatic carbocycles. The molecule has 9 heteroatoms. The van der Waals surface area contributed by atoms with Gasteiger partial charge < -0.3 is 4.55 Å². The van der Waals surface area contributed by atoms with Gasteiger partial charge in [-0.05, 0) is 60.9 Å². The van der Waals surface area contributed by atoms with Crippen molar-refractivity contribution in [3.63, 3.8) is 0 Å². The summed E-state index contributed by atoms with van der Waals surface area (Å²) in [4.78, 5) is 21.8. The number of carbonyl (C=O) groups excluding carboxylic acids is 1. The van der Waals surface area contributed by atoms with Crippen molar-refractivity contribution in [1.29, 1.82) is 0 Å². The van der Waals surface area contributed by atoms with Crippen LogP contribution in [0.4, 0.5) is 4.39 Å². The number of carbonyl (C=O) groups is 1. The Morgan fingerprint density at radius 1 is 1.12 bits per heavy atom. The average molecular weight is 483 g/mol. The zero-order valence-corrected chi connectivity index (χ0v) is 18.8. The van der Waals surface area contributed by atoms with Gasteiger partial charge in [0.25, 0.3) is 0 Å². The van der Waals surface area contributed by atoms with Crippen LogP contribution in [0.15, 0.2) is 67.1 Å². The number of pyridine rings is 2. The second kappa shape index (κ2) is 10.3. The minimum Gasteiger partial charge on any atom is -0.760 e. The summed E-state index contributed by atoms with van der Waals surface area (Å²) >= 11 is 4.08. The van der Waals surface area contributed by atoms with E-state index in [4.69, 9.17) is 11.6 Å². The van der Waals surface area contributed by atoms with Crippen molar-refractivity contribution in [2.24, 2.45) is 0 Å². The number of fused-ring (bicyclic) bond motifs is 1. The lowest BCUT2D eigenvalue weighted by Crippen LogP contribution is -2.18. The monoisotopic (exact) mass is 482 g/mol. The first-order valence-electron chi connectivity index (χ1n) is 10.1. The number of rotatable bonds is 8. The average Bonchev–Trinajstić information content (AvgIpc) is 2.83. The van der Waals surface area contributed by atoms with Crippen LogP contribution in [-0.2, 0) is 17.7 Å². The maximum atomic E-state index is 14.3. The molecule has 0 aliphatic carbocycles. The third kappa shape index (κ3) is 5.48. The Morgan fingerprint density at radius 2 is 1.97 bits per heavy atom. The fraction of sp³-hybridized carbons (Fsp3) is 0.125. The van der Waals surface area contributed by atoms with E-state index in [1.165, 1.54) is 6.07 Å². The standard InChI is InChI=1S/C24H19ClFN3O3S/c25-23-15(3-2-8-29-33(31)32)11-20(26)12-21(23)24(30)16-5-6-22-18(9-16)10-19(14-28-22)17-4-1-7-27-13-17/h1,4-7,9-14,29H,2-3,8H2,(H,31,32)/p-1. The van der Waals surface area contributed by atoms with Gasteiger partial charge in [0.15, 0.2) is 5.78 Å². The molecule has 4 rings (SSSR count). The van der Waals surface area contributed by atoms with Gasteiger partial charge in [-0.25, -0.2) is 9.11 Å². The Bertz CT molecular complexity index is 1350. The lowest BCUT2D eigenvalue weighted by molar-refractivity contribution is 0.103. The Kier molecular flexibility index (Phi) is 7.20.